The van der Waals surface area contributed by atoms with Crippen molar-refractivity contribution in [3.05, 3.63) is 30.3 Å². The monoisotopic (exact) mass is 371 g/mol. The molecular formula is C21H29N3O3. The first kappa shape index (κ1) is 18.3. The van der Waals surface area contributed by atoms with Gasteiger partial charge in [0.05, 0.1) is 18.1 Å². The molecule has 27 heavy (non-hydrogen) atoms. The molecule has 3 aliphatic rings. The van der Waals surface area contributed by atoms with Crippen LogP contribution in [0.5, 0.6) is 0 Å². The van der Waals surface area contributed by atoms with Crippen LogP contribution in [0.3, 0.4) is 0 Å². The average Bonchev–Trinajstić information content (AvgIpc) is 2.84. The van der Waals surface area contributed by atoms with Crippen LogP contribution in [0.4, 0.5) is 10.5 Å². The van der Waals surface area contributed by atoms with E-state index in [0.29, 0.717) is 19.5 Å². The second-order valence-electron chi connectivity index (χ2n) is 8.04. The lowest BCUT2D eigenvalue weighted by Gasteiger charge is -2.34. The molecule has 0 radical (unpaired) electrons. The van der Waals surface area contributed by atoms with Crippen LogP contribution in [0.15, 0.2) is 30.3 Å². The summed E-state index contributed by atoms with van der Waals surface area (Å²) in [4.78, 5) is 27.2. The zero-order valence-electron chi connectivity index (χ0n) is 15.7. The Morgan fingerprint density at radius 3 is 2.48 bits per heavy atom. The first-order valence-electron chi connectivity index (χ1n) is 10.3. The molecule has 2 saturated heterocycles. The Morgan fingerprint density at radius 2 is 1.74 bits per heavy atom. The Kier molecular flexibility index (Phi) is 5.62. The molecule has 1 saturated carbocycles. The summed E-state index contributed by atoms with van der Waals surface area (Å²) < 4.78 is 5.98. The normalized spacial score (nSPS) is 28.4. The number of morpholine rings is 1. The summed E-state index contributed by atoms with van der Waals surface area (Å²) in [6.07, 6.45) is 7.50. The molecule has 1 aromatic carbocycles. The Labute approximate surface area is 160 Å². The van der Waals surface area contributed by atoms with Crippen molar-refractivity contribution in [1.29, 1.82) is 0 Å². The lowest BCUT2D eigenvalue weighted by atomic mass is 9.99. The van der Waals surface area contributed by atoms with Crippen LogP contribution in [-0.4, -0.2) is 48.2 Å². The van der Waals surface area contributed by atoms with Gasteiger partial charge in [0.1, 0.15) is 0 Å². The number of hydrogen-bond donors (Lipinski definition) is 2. The molecule has 3 atom stereocenters. The van der Waals surface area contributed by atoms with Crippen LogP contribution in [0.2, 0.25) is 0 Å². The third-order valence-electron chi connectivity index (χ3n) is 6.01. The molecule has 2 aliphatic heterocycles. The number of ether oxygens (including phenoxy) is 1. The standard InChI is InChI=1S/C21H29N3O3/c25-20(22-15-8-6-3-7-9-15)18-12-17-13-24(14-19(18)27-17)21(26)23-16-10-4-1-2-5-11-16/h3,6-9,16-19H,1-2,4-5,10-14H2,(H,22,25)(H,23,26)/t17-,18+,19-/m0/s1. The van der Waals surface area contributed by atoms with Crippen LogP contribution >= 0.6 is 0 Å². The minimum Gasteiger partial charge on any atom is -0.370 e. The molecule has 2 N–H and O–H groups in total. The van der Waals surface area contributed by atoms with Crippen molar-refractivity contribution >= 4 is 17.6 Å². The van der Waals surface area contributed by atoms with Crippen molar-refractivity contribution in [2.24, 2.45) is 5.92 Å². The minimum atomic E-state index is -0.215. The van der Waals surface area contributed by atoms with E-state index in [1.54, 1.807) is 0 Å². The van der Waals surface area contributed by atoms with Crippen molar-refractivity contribution in [2.45, 2.75) is 63.2 Å². The van der Waals surface area contributed by atoms with Crippen LogP contribution in [0, 0.1) is 5.92 Å². The van der Waals surface area contributed by atoms with E-state index in [9.17, 15) is 9.59 Å². The Bertz CT molecular complexity index is 658. The Morgan fingerprint density at radius 1 is 1.00 bits per heavy atom. The van der Waals surface area contributed by atoms with Gasteiger partial charge in [0.25, 0.3) is 0 Å². The topological polar surface area (TPSA) is 70.7 Å². The number of para-hydroxylation sites is 1. The number of nitrogens with zero attached hydrogens (tertiary/aromatic N) is 1. The molecule has 2 bridgehead atoms. The molecule has 1 aromatic rings. The number of urea groups is 1. The van der Waals surface area contributed by atoms with Crippen LogP contribution in [-0.2, 0) is 9.53 Å². The van der Waals surface area contributed by atoms with E-state index in [-0.39, 0.29) is 36.1 Å². The van der Waals surface area contributed by atoms with Crippen LogP contribution < -0.4 is 10.6 Å². The maximum absolute atomic E-state index is 12.7. The highest BCUT2D eigenvalue weighted by molar-refractivity contribution is 5.93. The van der Waals surface area contributed by atoms with Crippen molar-refractivity contribution in [2.75, 3.05) is 18.4 Å². The van der Waals surface area contributed by atoms with Crippen molar-refractivity contribution in [3.8, 4) is 0 Å². The van der Waals surface area contributed by atoms with Gasteiger partial charge < -0.3 is 20.3 Å². The second-order valence-corrected chi connectivity index (χ2v) is 8.04. The number of anilines is 1. The highest BCUT2D eigenvalue weighted by Gasteiger charge is 2.45. The molecule has 0 spiro atoms. The molecule has 0 unspecified atom stereocenters. The first-order chi connectivity index (χ1) is 13.2. The molecule has 6 heteroatoms. The number of carbonyl (C=O) groups excluding carboxylic acids is 2. The molecule has 3 amide bonds. The smallest absolute Gasteiger partial charge is 0.317 e. The van der Waals surface area contributed by atoms with Crippen molar-refractivity contribution < 1.29 is 14.3 Å². The van der Waals surface area contributed by atoms with E-state index in [4.69, 9.17) is 4.74 Å². The predicted octanol–water partition coefficient (Wildman–Crippen LogP) is 3.15. The number of fused-ring (bicyclic) bond motifs is 2. The molecule has 1 aliphatic carbocycles. The maximum Gasteiger partial charge on any atom is 0.317 e. The fourth-order valence-corrected chi connectivity index (χ4v) is 4.55. The summed E-state index contributed by atoms with van der Waals surface area (Å²) in [5.41, 5.74) is 0.798. The molecule has 3 fully saturated rings. The lowest BCUT2D eigenvalue weighted by Crippen LogP contribution is -2.52. The minimum absolute atomic E-state index is 0.00400. The third kappa shape index (κ3) is 4.43. The van der Waals surface area contributed by atoms with E-state index in [1.165, 1.54) is 25.7 Å². The highest BCUT2D eigenvalue weighted by atomic mass is 16.5. The van der Waals surface area contributed by atoms with E-state index in [0.717, 1.165) is 18.5 Å². The van der Waals surface area contributed by atoms with E-state index < -0.39 is 0 Å². The number of benzene rings is 1. The Hall–Kier alpha value is -2.08. The lowest BCUT2D eigenvalue weighted by molar-refractivity contribution is -0.122. The summed E-state index contributed by atoms with van der Waals surface area (Å²) in [5.74, 6) is -0.217. The second kappa shape index (κ2) is 8.30. The predicted molar refractivity (Wildman–Crippen MR) is 103 cm³/mol. The van der Waals surface area contributed by atoms with E-state index in [1.807, 2.05) is 35.2 Å². The van der Waals surface area contributed by atoms with Crippen molar-refractivity contribution in [1.82, 2.24) is 10.2 Å². The summed E-state index contributed by atoms with van der Waals surface area (Å²) >= 11 is 0. The number of likely N-dealkylation sites (tertiary alicyclic amines) is 1. The number of carbonyl (C=O) groups is 2. The fraction of sp³-hybridized carbons (Fsp3) is 0.619. The average molecular weight is 371 g/mol. The SMILES string of the molecule is O=C(Nc1ccccc1)[C@@H]1C[C@H]2CN(C(=O)NC3CCCCCC3)C[C@@H]1O2. The molecular weight excluding hydrogens is 342 g/mol. The Balaban J connectivity index is 1.33. The van der Waals surface area contributed by atoms with E-state index >= 15 is 0 Å². The van der Waals surface area contributed by atoms with Gasteiger partial charge in [0.15, 0.2) is 0 Å². The van der Waals surface area contributed by atoms with Crippen molar-refractivity contribution in [3.63, 3.8) is 0 Å². The van der Waals surface area contributed by atoms with Gasteiger partial charge in [-0.2, -0.15) is 0 Å². The summed E-state index contributed by atoms with van der Waals surface area (Å²) in [5, 5.41) is 6.19. The number of rotatable bonds is 3. The van der Waals surface area contributed by atoms with Gasteiger partial charge in [0.2, 0.25) is 5.91 Å². The zero-order chi connectivity index (χ0) is 18.6. The molecule has 6 nitrogen and oxygen atoms in total. The first-order valence-corrected chi connectivity index (χ1v) is 10.3. The van der Waals surface area contributed by atoms with Gasteiger partial charge in [-0.3, -0.25) is 4.79 Å². The quantitative estimate of drug-likeness (QED) is 0.802. The molecule has 146 valence electrons. The highest BCUT2D eigenvalue weighted by Crippen LogP contribution is 2.33. The molecule has 2 heterocycles. The third-order valence-corrected chi connectivity index (χ3v) is 6.01. The van der Waals surface area contributed by atoms with Gasteiger partial charge >= 0.3 is 6.03 Å². The van der Waals surface area contributed by atoms with Gasteiger partial charge in [-0.25, -0.2) is 4.79 Å². The van der Waals surface area contributed by atoms with Gasteiger partial charge in [-0.15, -0.1) is 0 Å². The molecule has 4 rings (SSSR count). The molecule has 0 aromatic heterocycles. The van der Waals surface area contributed by atoms with E-state index in [2.05, 4.69) is 10.6 Å². The van der Waals surface area contributed by atoms with Gasteiger partial charge in [0, 0.05) is 24.8 Å². The zero-order valence-corrected chi connectivity index (χ0v) is 15.7. The van der Waals surface area contributed by atoms with Crippen LogP contribution in [0.1, 0.15) is 44.9 Å². The number of nitrogens with one attached hydrogen (secondary N) is 2. The summed E-state index contributed by atoms with van der Waals surface area (Å²) in [6.45, 7) is 1.06. The number of hydrogen-bond acceptors (Lipinski definition) is 3. The fourth-order valence-electron chi connectivity index (χ4n) is 4.55. The van der Waals surface area contributed by atoms with Gasteiger partial charge in [-0.05, 0) is 31.4 Å². The van der Waals surface area contributed by atoms with Gasteiger partial charge in [-0.1, -0.05) is 43.9 Å². The van der Waals surface area contributed by atoms with Crippen LogP contribution in [0.25, 0.3) is 0 Å². The summed E-state index contributed by atoms with van der Waals surface area (Å²) in [6, 6.07) is 9.78. The largest absolute Gasteiger partial charge is 0.370 e. The summed E-state index contributed by atoms with van der Waals surface area (Å²) in [7, 11) is 0. The maximum atomic E-state index is 12.7. The number of amides is 3.